The Labute approximate surface area is 106 Å². The van der Waals surface area contributed by atoms with Crippen LogP contribution in [0, 0.1) is 5.41 Å². The molecule has 0 saturated heterocycles. The Hall–Kier alpha value is -0.570. The first-order valence-corrected chi connectivity index (χ1v) is 6.69. The minimum absolute atomic E-state index is 0.0592. The van der Waals surface area contributed by atoms with Gasteiger partial charge in [-0.3, -0.25) is 4.79 Å². The number of carbonyl (C=O) groups excluding carboxylic acids is 1. The van der Waals surface area contributed by atoms with E-state index in [1.807, 2.05) is 0 Å². The van der Waals surface area contributed by atoms with E-state index in [9.17, 15) is 4.79 Å². The van der Waals surface area contributed by atoms with Crippen molar-refractivity contribution in [2.24, 2.45) is 5.41 Å². The van der Waals surface area contributed by atoms with Gasteiger partial charge in [-0.25, -0.2) is 0 Å². The molecule has 3 nitrogen and oxygen atoms in total. The summed E-state index contributed by atoms with van der Waals surface area (Å²) in [4.78, 5) is 11.4. The van der Waals surface area contributed by atoms with Crippen molar-refractivity contribution < 1.29 is 14.3 Å². The van der Waals surface area contributed by atoms with Gasteiger partial charge in [-0.1, -0.05) is 34.1 Å². The summed E-state index contributed by atoms with van der Waals surface area (Å²) in [5.74, 6) is -0.0746. The van der Waals surface area contributed by atoms with Crippen molar-refractivity contribution in [1.82, 2.24) is 0 Å². The van der Waals surface area contributed by atoms with Gasteiger partial charge in [0.15, 0.2) is 0 Å². The fourth-order valence-electron chi connectivity index (χ4n) is 1.27. The molecule has 0 saturated carbocycles. The highest BCUT2D eigenvalue weighted by Gasteiger charge is 2.13. The molecule has 0 spiro atoms. The smallest absolute Gasteiger partial charge is 0.305 e. The molecule has 17 heavy (non-hydrogen) atoms. The molecule has 0 aliphatic carbocycles. The van der Waals surface area contributed by atoms with Crippen LogP contribution >= 0.6 is 0 Å². The van der Waals surface area contributed by atoms with Gasteiger partial charge < -0.3 is 9.47 Å². The Kier molecular flexibility index (Phi) is 9.14. The first-order valence-electron chi connectivity index (χ1n) is 6.69. The molecule has 0 aromatic heterocycles. The van der Waals surface area contributed by atoms with E-state index < -0.39 is 0 Å². The third-order valence-corrected chi connectivity index (χ3v) is 2.18. The normalized spacial score (nSPS) is 11.5. The van der Waals surface area contributed by atoms with Gasteiger partial charge in [0.1, 0.15) is 0 Å². The molecule has 0 fully saturated rings. The van der Waals surface area contributed by atoms with Crippen LogP contribution in [0.4, 0.5) is 0 Å². The van der Waals surface area contributed by atoms with Crippen molar-refractivity contribution in [3.63, 3.8) is 0 Å². The van der Waals surface area contributed by atoms with Gasteiger partial charge in [0, 0.05) is 19.6 Å². The Balaban J connectivity index is 3.28. The maximum Gasteiger partial charge on any atom is 0.305 e. The predicted molar refractivity (Wildman–Crippen MR) is 70.0 cm³/mol. The van der Waals surface area contributed by atoms with E-state index in [0.717, 1.165) is 38.9 Å². The minimum atomic E-state index is -0.0746. The third kappa shape index (κ3) is 13.4. The van der Waals surface area contributed by atoms with Gasteiger partial charge in [0.25, 0.3) is 0 Å². The van der Waals surface area contributed by atoms with Gasteiger partial charge in [0.05, 0.1) is 6.61 Å². The highest BCUT2D eigenvalue weighted by atomic mass is 16.5. The van der Waals surface area contributed by atoms with Gasteiger partial charge in [-0.2, -0.15) is 0 Å². The summed E-state index contributed by atoms with van der Waals surface area (Å²) in [5, 5.41) is 0. The fraction of sp³-hybridized carbons (Fsp3) is 0.929. The van der Waals surface area contributed by atoms with Crippen LogP contribution in [0.2, 0.25) is 0 Å². The van der Waals surface area contributed by atoms with Crippen molar-refractivity contribution in [2.45, 2.75) is 59.8 Å². The van der Waals surface area contributed by atoms with E-state index in [1.165, 1.54) is 0 Å². The van der Waals surface area contributed by atoms with Gasteiger partial charge in [0.2, 0.25) is 0 Å². The zero-order valence-electron chi connectivity index (χ0n) is 11.9. The Bertz CT molecular complexity index is 194. The lowest BCUT2D eigenvalue weighted by atomic mass is 9.99. The highest BCUT2D eigenvalue weighted by Crippen LogP contribution is 2.13. The zero-order valence-corrected chi connectivity index (χ0v) is 11.9. The van der Waals surface area contributed by atoms with Crippen LogP contribution in [-0.2, 0) is 14.3 Å². The van der Waals surface area contributed by atoms with Crippen molar-refractivity contribution in [1.29, 1.82) is 0 Å². The second-order valence-electron chi connectivity index (χ2n) is 5.64. The van der Waals surface area contributed by atoms with E-state index in [0.29, 0.717) is 13.0 Å². The summed E-state index contributed by atoms with van der Waals surface area (Å²) in [5.41, 5.74) is 0.0592. The van der Waals surface area contributed by atoms with Gasteiger partial charge in [-0.05, 0) is 24.7 Å². The summed E-state index contributed by atoms with van der Waals surface area (Å²) in [6, 6.07) is 0. The quantitative estimate of drug-likeness (QED) is 0.459. The van der Waals surface area contributed by atoms with E-state index in [1.54, 1.807) is 0 Å². The summed E-state index contributed by atoms with van der Waals surface area (Å²) in [6.45, 7) is 10.4. The summed E-state index contributed by atoms with van der Waals surface area (Å²) >= 11 is 0. The molecule has 0 aromatic rings. The molecule has 0 N–H and O–H groups in total. The number of carbonyl (C=O) groups is 1. The lowest BCUT2D eigenvalue weighted by Gasteiger charge is -2.17. The summed E-state index contributed by atoms with van der Waals surface area (Å²) in [6.07, 6.45) is 4.57. The molecule has 0 aliphatic heterocycles. The molecule has 0 aliphatic rings. The number of esters is 1. The van der Waals surface area contributed by atoms with Crippen molar-refractivity contribution in [3.05, 3.63) is 0 Å². The number of unbranched alkanes of at least 4 members (excludes halogenated alkanes) is 2. The standard InChI is InChI=1S/C14H28O3/c1-5-10-16-11-8-6-7-9-13(15)17-12-14(2,3)4/h5-12H2,1-4H3. The molecule has 0 bridgehead atoms. The average molecular weight is 244 g/mol. The second kappa shape index (κ2) is 9.46. The van der Waals surface area contributed by atoms with Crippen LogP contribution in [0.5, 0.6) is 0 Å². The van der Waals surface area contributed by atoms with Crippen LogP contribution in [0.1, 0.15) is 59.8 Å². The molecule has 0 aromatic carbocycles. The first-order chi connectivity index (χ1) is 7.95. The molecule has 0 heterocycles. The van der Waals surface area contributed by atoms with Crippen molar-refractivity contribution in [3.8, 4) is 0 Å². The highest BCUT2D eigenvalue weighted by molar-refractivity contribution is 5.69. The monoisotopic (exact) mass is 244 g/mol. The van der Waals surface area contributed by atoms with E-state index in [2.05, 4.69) is 27.7 Å². The van der Waals surface area contributed by atoms with E-state index in [4.69, 9.17) is 9.47 Å². The predicted octanol–water partition coefficient (Wildman–Crippen LogP) is 3.56. The molecular formula is C14H28O3. The van der Waals surface area contributed by atoms with Crippen LogP contribution in [0.3, 0.4) is 0 Å². The van der Waals surface area contributed by atoms with Crippen molar-refractivity contribution >= 4 is 5.97 Å². The maximum atomic E-state index is 11.4. The minimum Gasteiger partial charge on any atom is -0.465 e. The van der Waals surface area contributed by atoms with Crippen LogP contribution in [-0.4, -0.2) is 25.8 Å². The second-order valence-corrected chi connectivity index (χ2v) is 5.64. The summed E-state index contributed by atoms with van der Waals surface area (Å²) < 4.78 is 10.5. The number of ether oxygens (including phenoxy) is 2. The van der Waals surface area contributed by atoms with Crippen LogP contribution < -0.4 is 0 Å². The Morgan fingerprint density at radius 1 is 1.06 bits per heavy atom. The first kappa shape index (κ1) is 16.4. The SMILES string of the molecule is CCCOCCCCCC(=O)OCC(C)(C)C. The lowest BCUT2D eigenvalue weighted by molar-refractivity contribution is -0.146. The van der Waals surface area contributed by atoms with Crippen LogP contribution in [0.15, 0.2) is 0 Å². The Morgan fingerprint density at radius 2 is 1.76 bits per heavy atom. The lowest BCUT2D eigenvalue weighted by Crippen LogP contribution is -2.18. The van der Waals surface area contributed by atoms with Gasteiger partial charge in [-0.15, -0.1) is 0 Å². The molecule has 0 atom stereocenters. The number of hydrogen-bond acceptors (Lipinski definition) is 3. The third-order valence-electron chi connectivity index (χ3n) is 2.18. The fourth-order valence-corrected chi connectivity index (χ4v) is 1.27. The maximum absolute atomic E-state index is 11.4. The Morgan fingerprint density at radius 3 is 2.35 bits per heavy atom. The van der Waals surface area contributed by atoms with Crippen LogP contribution in [0.25, 0.3) is 0 Å². The number of rotatable bonds is 9. The molecule has 0 amide bonds. The largest absolute Gasteiger partial charge is 0.465 e. The topological polar surface area (TPSA) is 35.5 Å². The molecule has 102 valence electrons. The molecule has 0 rings (SSSR count). The van der Waals surface area contributed by atoms with Gasteiger partial charge >= 0.3 is 5.97 Å². The van der Waals surface area contributed by atoms with E-state index in [-0.39, 0.29) is 11.4 Å². The number of hydrogen-bond donors (Lipinski definition) is 0. The molecule has 0 radical (unpaired) electrons. The molecular weight excluding hydrogens is 216 g/mol. The van der Waals surface area contributed by atoms with E-state index >= 15 is 0 Å². The molecule has 3 heteroatoms. The molecule has 0 unspecified atom stereocenters. The zero-order chi connectivity index (χ0) is 13.1. The summed E-state index contributed by atoms with van der Waals surface area (Å²) in [7, 11) is 0. The van der Waals surface area contributed by atoms with Crippen molar-refractivity contribution in [2.75, 3.05) is 19.8 Å². The average Bonchev–Trinajstić information content (AvgIpc) is 2.24.